The zero-order chi connectivity index (χ0) is 14.4. The number of aliphatic hydroxyl groups is 1. The van der Waals surface area contributed by atoms with Gasteiger partial charge in [0, 0.05) is 18.1 Å². The van der Waals surface area contributed by atoms with E-state index in [1.54, 1.807) is 0 Å². The summed E-state index contributed by atoms with van der Waals surface area (Å²) >= 11 is 5.87. The van der Waals surface area contributed by atoms with E-state index in [0.29, 0.717) is 0 Å². The van der Waals surface area contributed by atoms with Crippen LogP contribution in [0.1, 0.15) is 25.3 Å². The van der Waals surface area contributed by atoms with Crippen molar-refractivity contribution in [3.8, 4) is 0 Å². The van der Waals surface area contributed by atoms with Crippen LogP contribution in [0.15, 0.2) is 24.3 Å². The number of halogens is 1. The molecule has 2 rings (SSSR count). The Morgan fingerprint density at radius 3 is 2.55 bits per heavy atom. The van der Waals surface area contributed by atoms with Crippen molar-refractivity contribution < 1.29 is 5.11 Å². The lowest BCUT2D eigenvalue weighted by Gasteiger charge is -2.32. The highest BCUT2D eigenvalue weighted by molar-refractivity contribution is 6.30. The first-order valence-corrected chi connectivity index (χ1v) is 7.87. The highest BCUT2D eigenvalue weighted by atomic mass is 35.5. The van der Waals surface area contributed by atoms with E-state index in [1.165, 1.54) is 18.4 Å². The summed E-state index contributed by atoms with van der Waals surface area (Å²) in [5, 5.41) is 13.7. The smallest absolute Gasteiger partial charge is 0.0639 e. The molecule has 0 unspecified atom stereocenters. The van der Waals surface area contributed by atoms with Crippen LogP contribution in [0.4, 0.5) is 0 Å². The first-order chi connectivity index (χ1) is 9.63. The standard InChI is InChI=1S/C16H25ClN2O/c1-13(20)12-19-8-6-15(7-9-19)11-18-10-14-2-4-16(17)5-3-14/h2-5,13,15,18,20H,6-12H2,1H3/t13-/m1/s1. The molecular formula is C16H25ClN2O. The van der Waals surface area contributed by atoms with Gasteiger partial charge in [-0.1, -0.05) is 23.7 Å². The van der Waals surface area contributed by atoms with Crippen LogP contribution in [0.3, 0.4) is 0 Å². The average Bonchev–Trinajstić information content (AvgIpc) is 2.42. The molecule has 0 bridgehead atoms. The molecule has 1 aliphatic heterocycles. The minimum atomic E-state index is -0.213. The van der Waals surface area contributed by atoms with E-state index in [9.17, 15) is 5.11 Å². The van der Waals surface area contributed by atoms with E-state index in [4.69, 9.17) is 11.6 Å². The first-order valence-electron chi connectivity index (χ1n) is 7.49. The molecule has 1 heterocycles. The molecule has 1 aromatic rings. The fourth-order valence-corrected chi connectivity index (χ4v) is 2.90. The van der Waals surface area contributed by atoms with Crippen molar-refractivity contribution in [1.82, 2.24) is 10.2 Å². The molecule has 0 amide bonds. The van der Waals surface area contributed by atoms with E-state index >= 15 is 0 Å². The number of aliphatic hydroxyl groups excluding tert-OH is 1. The van der Waals surface area contributed by atoms with Crippen molar-refractivity contribution in [3.63, 3.8) is 0 Å². The maximum Gasteiger partial charge on any atom is 0.0639 e. The quantitative estimate of drug-likeness (QED) is 0.847. The molecule has 112 valence electrons. The Kier molecular flexibility index (Phi) is 6.30. The zero-order valence-corrected chi connectivity index (χ0v) is 12.9. The second kappa shape index (κ2) is 7.99. The summed E-state index contributed by atoms with van der Waals surface area (Å²) in [7, 11) is 0. The Labute approximate surface area is 126 Å². The van der Waals surface area contributed by atoms with Gasteiger partial charge in [0.05, 0.1) is 6.10 Å². The first kappa shape index (κ1) is 15.8. The molecule has 0 saturated carbocycles. The fraction of sp³-hybridized carbons (Fsp3) is 0.625. The molecule has 1 atom stereocenters. The Balaban J connectivity index is 1.62. The molecule has 1 fully saturated rings. The Morgan fingerprint density at radius 1 is 1.30 bits per heavy atom. The van der Waals surface area contributed by atoms with Gasteiger partial charge < -0.3 is 15.3 Å². The van der Waals surface area contributed by atoms with Crippen LogP contribution in [0.25, 0.3) is 0 Å². The van der Waals surface area contributed by atoms with Crippen LogP contribution in [0.5, 0.6) is 0 Å². The van der Waals surface area contributed by atoms with E-state index < -0.39 is 0 Å². The fourth-order valence-electron chi connectivity index (χ4n) is 2.77. The third-order valence-electron chi connectivity index (χ3n) is 3.90. The van der Waals surface area contributed by atoms with E-state index in [0.717, 1.165) is 43.7 Å². The van der Waals surface area contributed by atoms with Gasteiger partial charge in [-0.05, 0) is 63.0 Å². The molecular weight excluding hydrogens is 272 g/mol. The van der Waals surface area contributed by atoms with Crippen molar-refractivity contribution in [1.29, 1.82) is 0 Å². The van der Waals surface area contributed by atoms with Crippen LogP contribution in [0.2, 0.25) is 5.02 Å². The van der Waals surface area contributed by atoms with Crippen molar-refractivity contribution in [2.75, 3.05) is 26.2 Å². The molecule has 1 aliphatic rings. The van der Waals surface area contributed by atoms with Crippen molar-refractivity contribution in [2.24, 2.45) is 5.92 Å². The summed E-state index contributed by atoms with van der Waals surface area (Å²) in [4.78, 5) is 2.36. The Bertz CT molecular complexity index is 386. The van der Waals surface area contributed by atoms with Gasteiger partial charge in [0.15, 0.2) is 0 Å². The van der Waals surface area contributed by atoms with Crippen molar-refractivity contribution in [2.45, 2.75) is 32.4 Å². The number of β-amino-alcohol motifs (C(OH)–C–C–N with tert-alkyl or cyclic N) is 1. The highest BCUT2D eigenvalue weighted by Crippen LogP contribution is 2.17. The van der Waals surface area contributed by atoms with Crippen LogP contribution < -0.4 is 5.32 Å². The van der Waals surface area contributed by atoms with E-state index in [1.807, 2.05) is 19.1 Å². The Morgan fingerprint density at radius 2 is 1.95 bits per heavy atom. The number of benzene rings is 1. The third kappa shape index (κ3) is 5.41. The third-order valence-corrected chi connectivity index (χ3v) is 4.16. The van der Waals surface area contributed by atoms with E-state index in [-0.39, 0.29) is 6.10 Å². The Hall–Kier alpha value is -0.610. The lowest BCUT2D eigenvalue weighted by molar-refractivity contribution is 0.0998. The lowest BCUT2D eigenvalue weighted by Crippen LogP contribution is -2.40. The number of hydrogen-bond donors (Lipinski definition) is 2. The molecule has 2 N–H and O–H groups in total. The molecule has 20 heavy (non-hydrogen) atoms. The molecule has 1 aromatic carbocycles. The predicted octanol–water partition coefficient (Wildman–Crippen LogP) is 2.52. The number of nitrogens with one attached hydrogen (secondary N) is 1. The summed E-state index contributed by atoms with van der Waals surface area (Å²) in [6.45, 7) is 6.87. The summed E-state index contributed by atoms with van der Waals surface area (Å²) < 4.78 is 0. The largest absolute Gasteiger partial charge is 0.392 e. The number of hydrogen-bond acceptors (Lipinski definition) is 3. The summed E-state index contributed by atoms with van der Waals surface area (Å²) in [6, 6.07) is 8.02. The monoisotopic (exact) mass is 296 g/mol. The molecule has 1 saturated heterocycles. The van der Waals surface area contributed by atoms with Gasteiger partial charge in [-0.15, -0.1) is 0 Å². The van der Waals surface area contributed by atoms with Gasteiger partial charge in [-0.25, -0.2) is 0 Å². The van der Waals surface area contributed by atoms with Gasteiger partial charge >= 0.3 is 0 Å². The van der Waals surface area contributed by atoms with Crippen molar-refractivity contribution in [3.05, 3.63) is 34.9 Å². The van der Waals surface area contributed by atoms with Gasteiger partial charge in [0.25, 0.3) is 0 Å². The molecule has 0 aliphatic carbocycles. The van der Waals surface area contributed by atoms with Crippen LogP contribution in [0, 0.1) is 5.92 Å². The number of rotatable bonds is 6. The van der Waals surface area contributed by atoms with Crippen LogP contribution in [-0.4, -0.2) is 42.3 Å². The summed E-state index contributed by atoms with van der Waals surface area (Å²) in [5.41, 5.74) is 1.28. The minimum absolute atomic E-state index is 0.213. The molecule has 3 nitrogen and oxygen atoms in total. The van der Waals surface area contributed by atoms with Gasteiger partial charge in [-0.3, -0.25) is 0 Å². The number of nitrogens with zero attached hydrogens (tertiary/aromatic N) is 1. The maximum atomic E-state index is 9.39. The summed E-state index contributed by atoms with van der Waals surface area (Å²) in [5.74, 6) is 0.757. The molecule has 0 aromatic heterocycles. The predicted molar refractivity (Wildman–Crippen MR) is 84.0 cm³/mol. The molecule has 4 heteroatoms. The molecule has 0 spiro atoms. The average molecular weight is 297 g/mol. The zero-order valence-electron chi connectivity index (χ0n) is 12.2. The lowest BCUT2D eigenvalue weighted by atomic mass is 9.96. The number of likely N-dealkylation sites (tertiary alicyclic amines) is 1. The van der Waals surface area contributed by atoms with Crippen LogP contribution >= 0.6 is 11.6 Å². The normalized spacial score (nSPS) is 19.1. The maximum absolute atomic E-state index is 9.39. The van der Waals surface area contributed by atoms with Gasteiger partial charge in [0.2, 0.25) is 0 Å². The SMILES string of the molecule is C[C@@H](O)CN1CCC(CNCc2ccc(Cl)cc2)CC1. The van der Waals surface area contributed by atoms with Gasteiger partial charge in [-0.2, -0.15) is 0 Å². The van der Waals surface area contributed by atoms with Crippen LogP contribution in [-0.2, 0) is 6.54 Å². The topological polar surface area (TPSA) is 35.5 Å². The van der Waals surface area contributed by atoms with Crippen molar-refractivity contribution >= 4 is 11.6 Å². The highest BCUT2D eigenvalue weighted by Gasteiger charge is 2.19. The second-order valence-corrected chi connectivity index (χ2v) is 6.29. The second-order valence-electron chi connectivity index (χ2n) is 5.85. The van der Waals surface area contributed by atoms with E-state index in [2.05, 4.69) is 22.3 Å². The summed E-state index contributed by atoms with van der Waals surface area (Å²) in [6.07, 6.45) is 2.23. The van der Waals surface area contributed by atoms with Gasteiger partial charge in [0.1, 0.15) is 0 Å². The number of piperidine rings is 1. The molecule has 0 radical (unpaired) electrons. The minimum Gasteiger partial charge on any atom is -0.392 e.